The van der Waals surface area contributed by atoms with Gasteiger partial charge in [0, 0.05) is 13.1 Å². The number of hydrogen-bond donors (Lipinski definition) is 1. The molecule has 1 fully saturated rings. The average molecular weight is 233 g/mol. The SMILES string of the molecule is CC(C(=O)N1CCC[C@H](O)C1)c1ccccc1. The maximum absolute atomic E-state index is 12.3. The van der Waals surface area contributed by atoms with Crippen molar-refractivity contribution in [2.75, 3.05) is 13.1 Å². The lowest BCUT2D eigenvalue weighted by atomic mass is 9.98. The maximum atomic E-state index is 12.3. The summed E-state index contributed by atoms with van der Waals surface area (Å²) >= 11 is 0. The van der Waals surface area contributed by atoms with E-state index in [4.69, 9.17) is 0 Å². The first-order valence-corrected chi connectivity index (χ1v) is 6.20. The van der Waals surface area contributed by atoms with Crippen molar-refractivity contribution < 1.29 is 9.90 Å². The highest BCUT2D eigenvalue weighted by molar-refractivity contribution is 5.83. The molecule has 0 bridgehead atoms. The number of β-amino-alcohol motifs (C(OH)–C–C–N with tert-alkyl or cyclic N) is 1. The van der Waals surface area contributed by atoms with Crippen LogP contribution in [0, 0.1) is 0 Å². The highest BCUT2D eigenvalue weighted by Gasteiger charge is 2.26. The number of aliphatic hydroxyl groups is 1. The molecule has 2 rings (SSSR count). The Kier molecular flexibility index (Phi) is 3.79. The second kappa shape index (κ2) is 5.32. The summed E-state index contributed by atoms with van der Waals surface area (Å²) in [4.78, 5) is 14.0. The van der Waals surface area contributed by atoms with E-state index < -0.39 is 0 Å². The van der Waals surface area contributed by atoms with Gasteiger partial charge in [0.1, 0.15) is 0 Å². The number of aliphatic hydroxyl groups excluding tert-OH is 1. The predicted octanol–water partition coefficient (Wildman–Crippen LogP) is 1.77. The Morgan fingerprint density at radius 3 is 2.76 bits per heavy atom. The number of benzene rings is 1. The molecule has 0 spiro atoms. The van der Waals surface area contributed by atoms with Gasteiger partial charge in [-0.25, -0.2) is 0 Å². The lowest BCUT2D eigenvalue weighted by molar-refractivity contribution is -0.135. The summed E-state index contributed by atoms with van der Waals surface area (Å²) in [5.41, 5.74) is 1.04. The molecule has 0 saturated carbocycles. The smallest absolute Gasteiger partial charge is 0.229 e. The topological polar surface area (TPSA) is 40.5 Å². The number of amides is 1. The van der Waals surface area contributed by atoms with Gasteiger partial charge >= 0.3 is 0 Å². The van der Waals surface area contributed by atoms with E-state index in [0.29, 0.717) is 6.54 Å². The number of hydrogen-bond acceptors (Lipinski definition) is 2. The van der Waals surface area contributed by atoms with Crippen LogP contribution in [-0.2, 0) is 4.79 Å². The van der Waals surface area contributed by atoms with E-state index in [1.165, 1.54) is 0 Å². The first kappa shape index (κ1) is 12.1. The van der Waals surface area contributed by atoms with Gasteiger partial charge in [0.25, 0.3) is 0 Å². The van der Waals surface area contributed by atoms with Crippen LogP contribution in [0.4, 0.5) is 0 Å². The predicted molar refractivity (Wildman–Crippen MR) is 66.7 cm³/mol. The molecule has 1 aromatic carbocycles. The molecule has 0 aliphatic carbocycles. The number of rotatable bonds is 2. The average Bonchev–Trinajstić information content (AvgIpc) is 2.38. The quantitative estimate of drug-likeness (QED) is 0.845. The molecule has 1 unspecified atom stereocenters. The van der Waals surface area contributed by atoms with Crippen LogP contribution >= 0.6 is 0 Å². The summed E-state index contributed by atoms with van der Waals surface area (Å²) in [6.45, 7) is 3.18. The Morgan fingerprint density at radius 1 is 1.41 bits per heavy atom. The molecule has 1 aliphatic rings. The van der Waals surface area contributed by atoms with Crippen molar-refractivity contribution in [2.45, 2.75) is 31.8 Å². The number of carbonyl (C=O) groups is 1. The highest BCUT2D eigenvalue weighted by atomic mass is 16.3. The van der Waals surface area contributed by atoms with Crippen molar-refractivity contribution in [3.63, 3.8) is 0 Å². The van der Waals surface area contributed by atoms with Gasteiger partial charge in [0.05, 0.1) is 12.0 Å². The molecule has 17 heavy (non-hydrogen) atoms. The molecule has 1 heterocycles. The fourth-order valence-corrected chi connectivity index (χ4v) is 2.31. The van der Waals surface area contributed by atoms with Crippen molar-refractivity contribution in [3.8, 4) is 0 Å². The lowest BCUT2D eigenvalue weighted by Crippen LogP contribution is -2.43. The molecule has 1 aromatic rings. The maximum Gasteiger partial charge on any atom is 0.229 e. The molecule has 92 valence electrons. The van der Waals surface area contributed by atoms with E-state index in [9.17, 15) is 9.90 Å². The van der Waals surface area contributed by atoms with Crippen LogP contribution in [0.3, 0.4) is 0 Å². The largest absolute Gasteiger partial charge is 0.391 e. The van der Waals surface area contributed by atoms with Crippen molar-refractivity contribution in [3.05, 3.63) is 35.9 Å². The van der Waals surface area contributed by atoms with Crippen LogP contribution < -0.4 is 0 Å². The Morgan fingerprint density at radius 2 is 2.12 bits per heavy atom. The first-order valence-electron chi connectivity index (χ1n) is 6.20. The molecule has 1 saturated heterocycles. The van der Waals surface area contributed by atoms with Gasteiger partial charge < -0.3 is 10.0 Å². The van der Waals surface area contributed by atoms with Crippen LogP contribution in [0.15, 0.2) is 30.3 Å². The zero-order valence-electron chi connectivity index (χ0n) is 10.2. The number of carbonyl (C=O) groups excluding carboxylic acids is 1. The summed E-state index contributed by atoms with van der Waals surface area (Å²) in [6, 6.07) is 9.80. The molecular formula is C14H19NO2. The van der Waals surface area contributed by atoms with E-state index in [2.05, 4.69) is 0 Å². The normalized spacial score (nSPS) is 22.2. The number of likely N-dealkylation sites (tertiary alicyclic amines) is 1. The third kappa shape index (κ3) is 2.86. The molecule has 1 N–H and O–H groups in total. The second-order valence-corrected chi connectivity index (χ2v) is 4.71. The van der Waals surface area contributed by atoms with Gasteiger partial charge in [0.2, 0.25) is 5.91 Å². The third-order valence-electron chi connectivity index (χ3n) is 3.38. The van der Waals surface area contributed by atoms with Gasteiger partial charge in [-0.05, 0) is 25.3 Å². The Balaban J connectivity index is 2.04. The number of nitrogens with zero attached hydrogens (tertiary/aromatic N) is 1. The van der Waals surface area contributed by atoms with E-state index in [1.54, 1.807) is 4.90 Å². The van der Waals surface area contributed by atoms with Gasteiger partial charge in [-0.15, -0.1) is 0 Å². The van der Waals surface area contributed by atoms with E-state index in [0.717, 1.165) is 24.9 Å². The Bertz CT molecular complexity index is 377. The number of piperidine rings is 1. The molecule has 1 amide bonds. The van der Waals surface area contributed by atoms with Crippen LogP contribution in [0.25, 0.3) is 0 Å². The zero-order chi connectivity index (χ0) is 12.3. The monoisotopic (exact) mass is 233 g/mol. The molecule has 2 atom stereocenters. The van der Waals surface area contributed by atoms with Crippen LogP contribution in [0.1, 0.15) is 31.2 Å². The molecule has 0 aromatic heterocycles. The van der Waals surface area contributed by atoms with Crippen LogP contribution in [0.2, 0.25) is 0 Å². The minimum absolute atomic E-state index is 0.120. The fraction of sp³-hybridized carbons (Fsp3) is 0.500. The van der Waals surface area contributed by atoms with E-state index in [-0.39, 0.29) is 17.9 Å². The van der Waals surface area contributed by atoms with Crippen molar-refractivity contribution in [1.29, 1.82) is 0 Å². The summed E-state index contributed by atoms with van der Waals surface area (Å²) in [5.74, 6) is -0.00329. The Hall–Kier alpha value is -1.35. The lowest BCUT2D eigenvalue weighted by Gasteiger charge is -2.32. The molecule has 3 heteroatoms. The third-order valence-corrected chi connectivity index (χ3v) is 3.38. The summed E-state index contributed by atoms with van der Waals surface area (Å²) in [5, 5.41) is 9.59. The molecule has 1 aliphatic heterocycles. The highest BCUT2D eigenvalue weighted by Crippen LogP contribution is 2.20. The standard InChI is InChI=1S/C14H19NO2/c1-11(12-6-3-2-4-7-12)14(17)15-9-5-8-13(16)10-15/h2-4,6-7,11,13,16H,5,8-10H2,1H3/t11?,13-/m0/s1. The van der Waals surface area contributed by atoms with Crippen molar-refractivity contribution in [2.24, 2.45) is 0 Å². The van der Waals surface area contributed by atoms with Crippen molar-refractivity contribution >= 4 is 5.91 Å². The van der Waals surface area contributed by atoms with Gasteiger partial charge in [0.15, 0.2) is 0 Å². The first-order chi connectivity index (χ1) is 8.18. The molecular weight excluding hydrogens is 214 g/mol. The minimum atomic E-state index is -0.351. The van der Waals surface area contributed by atoms with Crippen LogP contribution in [0.5, 0.6) is 0 Å². The van der Waals surface area contributed by atoms with Gasteiger partial charge in [-0.2, -0.15) is 0 Å². The van der Waals surface area contributed by atoms with E-state index >= 15 is 0 Å². The Labute approximate surface area is 102 Å². The zero-order valence-corrected chi connectivity index (χ0v) is 10.2. The summed E-state index contributed by atoms with van der Waals surface area (Å²) in [6.07, 6.45) is 1.36. The summed E-state index contributed by atoms with van der Waals surface area (Å²) in [7, 11) is 0. The minimum Gasteiger partial charge on any atom is -0.391 e. The van der Waals surface area contributed by atoms with Gasteiger partial charge in [-0.1, -0.05) is 30.3 Å². The van der Waals surface area contributed by atoms with Gasteiger partial charge in [-0.3, -0.25) is 4.79 Å². The molecule has 0 radical (unpaired) electrons. The van der Waals surface area contributed by atoms with E-state index in [1.807, 2.05) is 37.3 Å². The fourth-order valence-electron chi connectivity index (χ4n) is 2.31. The van der Waals surface area contributed by atoms with Crippen molar-refractivity contribution in [1.82, 2.24) is 4.90 Å². The summed E-state index contributed by atoms with van der Waals surface area (Å²) < 4.78 is 0. The second-order valence-electron chi connectivity index (χ2n) is 4.71. The van der Waals surface area contributed by atoms with Crippen LogP contribution in [-0.4, -0.2) is 35.1 Å². The molecule has 3 nitrogen and oxygen atoms in total.